The monoisotopic (exact) mass is 411 g/mol. The van der Waals surface area contributed by atoms with Crippen LogP contribution in [0.4, 0.5) is 0 Å². The van der Waals surface area contributed by atoms with Gasteiger partial charge in [-0.3, -0.25) is 0 Å². The van der Waals surface area contributed by atoms with Gasteiger partial charge in [0.1, 0.15) is 0 Å². The lowest BCUT2D eigenvalue weighted by atomic mass is 10.1. The number of nitrogens with zero attached hydrogens (tertiary/aromatic N) is 2. The molecule has 0 atom stereocenters. The van der Waals surface area contributed by atoms with Crippen molar-refractivity contribution < 1.29 is 14.2 Å². The van der Waals surface area contributed by atoms with Gasteiger partial charge < -0.3 is 24.4 Å². The zero-order valence-electron chi connectivity index (χ0n) is 14.9. The minimum Gasteiger partial charge on any atom is -0.454 e. The molecule has 1 aromatic carbocycles. The number of hydrogen-bond acceptors (Lipinski definition) is 4. The summed E-state index contributed by atoms with van der Waals surface area (Å²) in [5, 5.41) is 3.40. The summed E-state index contributed by atoms with van der Waals surface area (Å²) in [5.74, 6) is 2.52. The molecule has 2 aliphatic heterocycles. The summed E-state index contributed by atoms with van der Waals surface area (Å²) in [5.41, 5.74) is 1.09. The highest BCUT2D eigenvalue weighted by Crippen LogP contribution is 2.40. The van der Waals surface area contributed by atoms with E-state index in [0.29, 0.717) is 12.6 Å². The summed E-state index contributed by atoms with van der Waals surface area (Å²) >= 11 is 3.54. The van der Waals surface area contributed by atoms with Crippen molar-refractivity contribution in [1.29, 1.82) is 0 Å². The van der Waals surface area contributed by atoms with Gasteiger partial charge in [0.15, 0.2) is 17.5 Å². The molecule has 0 aromatic heterocycles. The second-order valence-electron chi connectivity index (χ2n) is 6.12. The summed E-state index contributed by atoms with van der Waals surface area (Å²) in [6.45, 7) is 8.62. The number of hydrogen-bond donors (Lipinski definition) is 1. The van der Waals surface area contributed by atoms with Crippen molar-refractivity contribution in [1.82, 2.24) is 10.2 Å². The number of fused-ring (bicyclic) bond motifs is 1. The molecule has 2 heterocycles. The zero-order chi connectivity index (χ0) is 17.6. The van der Waals surface area contributed by atoms with Crippen molar-refractivity contribution in [2.75, 3.05) is 33.0 Å². The summed E-state index contributed by atoms with van der Waals surface area (Å²) < 4.78 is 17.6. The Hall–Kier alpha value is -1.47. The van der Waals surface area contributed by atoms with Crippen LogP contribution in [-0.4, -0.2) is 50.0 Å². The molecule has 1 N–H and O–H groups in total. The van der Waals surface area contributed by atoms with Crippen LogP contribution in [0.25, 0.3) is 0 Å². The number of aliphatic imine (C=N–C) groups is 1. The molecule has 0 spiro atoms. The molecular weight excluding hydrogens is 386 g/mol. The predicted octanol–water partition coefficient (Wildman–Crippen LogP) is 3.14. The third kappa shape index (κ3) is 4.58. The maximum absolute atomic E-state index is 5.74. The van der Waals surface area contributed by atoms with Gasteiger partial charge in [0, 0.05) is 26.2 Å². The molecule has 7 heteroatoms. The molecule has 2 aliphatic rings. The Morgan fingerprint density at radius 1 is 1.32 bits per heavy atom. The number of halogens is 1. The van der Waals surface area contributed by atoms with E-state index in [1.165, 1.54) is 0 Å². The van der Waals surface area contributed by atoms with Gasteiger partial charge >= 0.3 is 0 Å². The summed E-state index contributed by atoms with van der Waals surface area (Å²) in [7, 11) is 0. The van der Waals surface area contributed by atoms with Crippen LogP contribution in [0.15, 0.2) is 21.6 Å². The first-order valence-corrected chi connectivity index (χ1v) is 9.73. The lowest BCUT2D eigenvalue weighted by molar-refractivity contribution is 0.0263. The summed E-state index contributed by atoms with van der Waals surface area (Å²) in [6.07, 6.45) is 2.48. The topological polar surface area (TPSA) is 55.3 Å². The fourth-order valence-corrected chi connectivity index (χ4v) is 3.78. The maximum Gasteiger partial charge on any atom is 0.231 e. The van der Waals surface area contributed by atoms with Gasteiger partial charge in [-0.1, -0.05) is 0 Å². The molecule has 3 rings (SSSR count). The molecule has 0 aliphatic carbocycles. The normalized spacial score (nSPS) is 17.9. The highest BCUT2D eigenvalue weighted by Gasteiger charge is 2.22. The lowest BCUT2D eigenvalue weighted by Gasteiger charge is -2.34. The molecule has 1 saturated heterocycles. The van der Waals surface area contributed by atoms with Crippen molar-refractivity contribution in [3.8, 4) is 11.5 Å². The minimum atomic E-state index is 0.276. The number of likely N-dealkylation sites (tertiary alicyclic amines) is 1. The average Bonchev–Trinajstić information content (AvgIpc) is 3.09. The highest BCUT2D eigenvalue weighted by atomic mass is 79.9. The Morgan fingerprint density at radius 3 is 2.84 bits per heavy atom. The van der Waals surface area contributed by atoms with Crippen LogP contribution in [-0.2, 0) is 11.3 Å². The first-order valence-electron chi connectivity index (χ1n) is 8.94. The van der Waals surface area contributed by atoms with Gasteiger partial charge in [-0.15, -0.1) is 0 Å². The van der Waals surface area contributed by atoms with Crippen molar-refractivity contribution >= 4 is 21.9 Å². The minimum absolute atomic E-state index is 0.276. The third-order valence-corrected chi connectivity index (χ3v) is 4.97. The molecule has 0 radical (unpaired) electrons. The molecule has 1 fully saturated rings. The van der Waals surface area contributed by atoms with E-state index in [-0.39, 0.29) is 6.79 Å². The van der Waals surface area contributed by atoms with Crippen LogP contribution in [0.5, 0.6) is 11.5 Å². The Morgan fingerprint density at radius 2 is 2.12 bits per heavy atom. The molecule has 1 aromatic rings. The Labute approximate surface area is 157 Å². The van der Waals surface area contributed by atoms with Gasteiger partial charge in [0.25, 0.3) is 0 Å². The number of ether oxygens (including phenoxy) is 3. The van der Waals surface area contributed by atoms with E-state index in [1.807, 2.05) is 12.1 Å². The number of piperidine rings is 1. The Balaban J connectivity index is 1.66. The van der Waals surface area contributed by atoms with Crippen molar-refractivity contribution in [3.05, 3.63) is 22.2 Å². The standard InChI is InChI=1S/C18H26BrN3O3/c1-3-20-18(22-7-5-14(6-8-22)23-4-2)21-11-13-9-15(19)17-16(10-13)24-12-25-17/h9-10,14H,3-8,11-12H2,1-2H3,(H,20,21). The lowest BCUT2D eigenvalue weighted by Crippen LogP contribution is -2.47. The summed E-state index contributed by atoms with van der Waals surface area (Å²) in [4.78, 5) is 7.14. The number of guanidine groups is 1. The molecule has 0 unspecified atom stereocenters. The van der Waals surface area contributed by atoms with E-state index < -0.39 is 0 Å². The SMILES string of the molecule is CCNC(=NCc1cc(Br)c2c(c1)OCO2)N1CCC(OCC)CC1. The highest BCUT2D eigenvalue weighted by molar-refractivity contribution is 9.10. The van der Waals surface area contributed by atoms with Crippen LogP contribution in [0, 0.1) is 0 Å². The van der Waals surface area contributed by atoms with Gasteiger partial charge in [0.05, 0.1) is 17.1 Å². The van der Waals surface area contributed by atoms with Gasteiger partial charge in [-0.05, 0) is 60.3 Å². The molecular formula is C18H26BrN3O3. The van der Waals surface area contributed by atoms with Crippen LogP contribution in [0.1, 0.15) is 32.3 Å². The van der Waals surface area contributed by atoms with E-state index >= 15 is 0 Å². The van der Waals surface area contributed by atoms with E-state index in [9.17, 15) is 0 Å². The first kappa shape index (κ1) is 18.3. The fraction of sp³-hybridized carbons (Fsp3) is 0.611. The van der Waals surface area contributed by atoms with Crippen LogP contribution in [0.3, 0.4) is 0 Å². The number of rotatable bonds is 5. The quantitative estimate of drug-likeness (QED) is 0.595. The van der Waals surface area contributed by atoms with Gasteiger partial charge in [-0.2, -0.15) is 0 Å². The van der Waals surface area contributed by atoms with Gasteiger partial charge in [0.2, 0.25) is 6.79 Å². The van der Waals surface area contributed by atoms with Crippen LogP contribution in [0.2, 0.25) is 0 Å². The molecule has 0 amide bonds. The van der Waals surface area contributed by atoms with Crippen molar-refractivity contribution in [2.45, 2.75) is 39.3 Å². The average molecular weight is 412 g/mol. The fourth-order valence-electron chi connectivity index (χ4n) is 3.17. The van der Waals surface area contributed by atoms with Crippen molar-refractivity contribution in [3.63, 3.8) is 0 Å². The van der Waals surface area contributed by atoms with E-state index in [2.05, 4.69) is 40.0 Å². The number of benzene rings is 1. The van der Waals surface area contributed by atoms with Crippen molar-refractivity contribution in [2.24, 2.45) is 4.99 Å². The zero-order valence-corrected chi connectivity index (χ0v) is 16.5. The Bertz CT molecular complexity index is 616. The first-order chi connectivity index (χ1) is 12.2. The van der Waals surface area contributed by atoms with Crippen LogP contribution >= 0.6 is 15.9 Å². The second kappa shape index (κ2) is 8.76. The second-order valence-corrected chi connectivity index (χ2v) is 6.98. The molecule has 6 nitrogen and oxygen atoms in total. The number of nitrogens with one attached hydrogen (secondary N) is 1. The molecule has 25 heavy (non-hydrogen) atoms. The third-order valence-electron chi connectivity index (χ3n) is 4.38. The van der Waals surface area contributed by atoms with E-state index in [4.69, 9.17) is 19.2 Å². The van der Waals surface area contributed by atoms with Crippen LogP contribution < -0.4 is 14.8 Å². The predicted molar refractivity (Wildman–Crippen MR) is 101 cm³/mol. The Kier molecular flexibility index (Phi) is 6.42. The van der Waals surface area contributed by atoms with Gasteiger partial charge in [-0.25, -0.2) is 4.99 Å². The largest absolute Gasteiger partial charge is 0.454 e. The molecule has 0 bridgehead atoms. The maximum atomic E-state index is 5.74. The molecule has 138 valence electrons. The van der Waals surface area contributed by atoms with E-state index in [0.717, 1.165) is 66.6 Å². The smallest absolute Gasteiger partial charge is 0.231 e. The summed E-state index contributed by atoms with van der Waals surface area (Å²) in [6, 6.07) is 4.05. The molecule has 0 saturated carbocycles. The van der Waals surface area contributed by atoms with E-state index in [1.54, 1.807) is 0 Å².